The molecular formula is C15H25NO7. The minimum atomic E-state index is -1.08. The first-order valence-electron chi connectivity index (χ1n) is 7.43. The highest BCUT2D eigenvalue weighted by Gasteiger charge is 2.35. The van der Waals surface area contributed by atoms with Crippen molar-refractivity contribution in [3.63, 3.8) is 0 Å². The van der Waals surface area contributed by atoms with Gasteiger partial charge in [-0.1, -0.05) is 0 Å². The third-order valence-electron chi connectivity index (χ3n) is 3.26. The van der Waals surface area contributed by atoms with E-state index in [0.717, 1.165) is 0 Å². The summed E-state index contributed by atoms with van der Waals surface area (Å²) in [6, 6.07) is 0. The molecule has 0 N–H and O–H groups in total. The van der Waals surface area contributed by atoms with Gasteiger partial charge in [0.2, 0.25) is 0 Å². The van der Waals surface area contributed by atoms with E-state index in [2.05, 4.69) is 9.47 Å². The smallest absolute Gasteiger partial charge is 0.410 e. The lowest BCUT2D eigenvalue weighted by atomic mass is 10.0. The number of ether oxygens (including phenoxy) is 4. The number of esters is 2. The molecule has 23 heavy (non-hydrogen) atoms. The molecule has 1 rings (SSSR count). The maximum atomic E-state index is 12.1. The fourth-order valence-corrected chi connectivity index (χ4v) is 2.19. The number of amides is 1. The lowest BCUT2D eigenvalue weighted by Crippen LogP contribution is -2.48. The third kappa shape index (κ3) is 6.05. The van der Waals surface area contributed by atoms with E-state index >= 15 is 0 Å². The third-order valence-corrected chi connectivity index (χ3v) is 3.26. The van der Waals surface area contributed by atoms with Gasteiger partial charge in [-0.3, -0.25) is 9.59 Å². The highest BCUT2D eigenvalue weighted by molar-refractivity contribution is 5.94. The Balaban J connectivity index is 2.68. The zero-order valence-electron chi connectivity index (χ0n) is 14.3. The second-order valence-corrected chi connectivity index (χ2v) is 6.25. The molecule has 1 amide bonds. The van der Waals surface area contributed by atoms with Crippen molar-refractivity contribution in [2.24, 2.45) is 5.92 Å². The van der Waals surface area contributed by atoms with Gasteiger partial charge >= 0.3 is 18.0 Å². The summed E-state index contributed by atoms with van der Waals surface area (Å²) in [7, 11) is 2.40. The van der Waals surface area contributed by atoms with E-state index in [9.17, 15) is 14.4 Å². The van der Waals surface area contributed by atoms with Crippen LogP contribution >= 0.6 is 0 Å². The van der Waals surface area contributed by atoms with E-state index < -0.39 is 35.7 Å². The van der Waals surface area contributed by atoms with Crippen molar-refractivity contribution >= 4 is 18.0 Å². The van der Waals surface area contributed by atoms with E-state index in [0.29, 0.717) is 13.2 Å². The number of hydrogen-bond acceptors (Lipinski definition) is 7. The van der Waals surface area contributed by atoms with E-state index in [4.69, 9.17) is 9.47 Å². The molecule has 0 saturated carbocycles. The number of hydrogen-bond donors (Lipinski definition) is 0. The fraction of sp³-hybridized carbons (Fsp3) is 0.800. The minimum Gasteiger partial charge on any atom is -0.468 e. The van der Waals surface area contributed by atoms with Crippen LogP contribution in [0.15, 0.2) is 0 Å². The molecule has 1 aliphatic rings. The minimum absolute atomic E-state index is 0.0820. The number of morpholine rings is 1. The molecule has 0 unspecified atom stereocenters. The van der Waals surface area contributed by atoms with Crippen LogP contribution in [-0.4, -0.2) is 68.6 Å². The Morgan fingerprint density at radius 3 is 2.22 bits per heavy atom. The van der Waals surface area contributed by atoms with Gasteiger partial charge in [0.05, 0.1) is 33.5 Å². The maximum Gasteiger partial charge on any atom is 0.410 e. The van der Waals surface area contributed by atoms with Gasteiger partial charge in [-0.2, -0.15) is 0 Å². The predicted molar refractivity (Wildman–Crippen MR) is 79.7 cm³/mol. The molecule has 132 valence electrons. The standard InChI is InChI=1S/C15H25NO7/c1-15(2,3)23-14(19)16-6-7-22-10(9-16)8-11(12(17)20-4)13(18)21-5/h10-11H,6-9H2,1-5H3/t10-/m0/s1. The second-order valence-electron chi connectivity index (χ2n) is 6.25. The van der Waals surface area contributed by atoms with E-state index in [1.165, 1.54) is 19.1 Å². The summed E-state index contributed by atoms with van der Waals surface area (Å²) in [6.45, 7) is 6.29. The molecule has 0 radical (unpaired) electrons. The van der Waals surface area contributed by atoms with Crippen LogP contribution in [0.1, 0.15) is 27.2 Å². The zero-order valence-corrected chi connectivity index (χ0v) is 14.3. The van der Waals surface area contributed by atoms with Crippen molar-refractivity contribution in [2.45, 2.75) is 38.9 Å². The van der Waals surface area contributed by atoms with Crippen LogP contribution in [0.25, 0.3) is 0 Å². The molecule has 0 aromatic heterocycles. The molecule has 8 heteroatoms. The molecule has 0 aromatic carbocycles. The Bertz CT molecular complexity index is 428. The van der Waals surface area contributed by atoms with Crippen molar-refractivity contribution in [3.05, 3.63) is 0 Å². The van der Waals surface area contributed by atoms with Crippen molar-refractivity contribution in [2.75, 3.05) is 33.9 Å². The van der Waals surface area contributed by atoms with Gasteiger partial charge in [-0.25, -0.2) is 4.79 Å². The van der Waals surface area contributed by atoms with Crippen molar-refractivity contribution in [3.8, 4) is 0 Å². The average molecular weight is 331 g/mol. The summed E-state index contributed by atoms with van der Waals surface area (Å²) in [5.74, 6) is -2.45. The monoisotopic (exact) mass is 331 g/mol. The van der Waals surface area contributed by atoms with Crippen LogP contribution in [-0.2, 0) is 28.5 Å². The molecule has 1 heterocycles. The molecule has 1 atom stereocenters. The van der Waals surface area contributed by atoms with Gasteiger partial charge in [0.1, 0.15) is 5.60 Å². The first-order chi connectivity index (χ1) is 10.7. The van der Waals surface area contributed by atoms with Crippen molar-refractivity contribution in [1.82, 2.24) is 4.90 Å². The van der Waals surface area contributed by atoms with Crippen LogP contribution in [0.3, 0.4) is 0 Å². The highest BCUT2D eigenvalue weighted by Crippen LogP contribution is 2.19. The number of methoxy groups -OCH3 is 2. The summed E-state index contributed by atoms with van der Waals surface area (Å²) < 4.78 is 20.1. The number of carbonyl (C=O) groups is 3. The topological polar surface area (TPSA) is 91.4 Å². The fourth-order valence-electron chi connectivity index (χ4n) is 2.19. The van der Waals surface area contributed by atoms with Crippen LogP contribution in [0.4, 0.5) is 4.79 Å². The molecule has 8 nitrogen and oxygen atoms in total. The van der Waals surface area contributed by atoms with Gasteiger partial charge in [-0.15, -0.1) is 0 Å². The lowest BCUT2D eigenvalue weighted by Gasteiger charge is -2.34. The van der Waals surface area contributed by atoms with Crippen LogP contribution in [0.2, 0.25) is 0 Å². The Morgan fingerprint density at radius 2 is 1.74 bits per heavy atom. The van der Waals surface area contributed by atoms with Crippen LogP contribution in [0.5, 0.6) is 0 Å². The van der Waals surface area contributed by atoms with Gasteiger partial charge in [-0.05, 0) is 27.2 Å². The molecule has 0 spiro atoms. The predicted octanol–water partition coefficient (Wildman–Crippen LogP) is 0.975. The Labute approximate surface area is 136 Å². The Hall–Kier alpha value is -1.83. The summed E-state index contributed by atoms with van der Waals surface area (Å²) in [6.07, 6.45) is -0.837. The largest absolute Gasteiger partial charge is 0.468 e. The van der Waals surface area contributed by atoms with Crippen LogP contribution < -0.4 is 0 Å². The Kier molecular flexibility index (Phi) is 6.80. The molecular weight excluding hydrogens is 306 g/mol. The first kappa shape index (κ1) is 19.2. The summed E-state index contributed by atoms with van der Waals surface area (Å²) >= 11 is 0. The molecule has 0 aliphatic carbocycles. The second kappa shape index (κ2) is 8.14. The molecule has 0 bridgehead atoms. The summed E-state index contributed by atoms with van der Waals surface area (Å²) in [5.41, 5.74) is -0.592. The van der Waals surface area contributed by atoms with Crippen molar-refractivity contribution in [1.29, 1.82) is 0 Å². The summed E-state index contributed by atoms with van der Waals surface area (Å²) in [5, 5.41) is 0. The first-order valence-corrected chi connectivity index (χ1v) is 7.43. The maximum absolute atomic E-state index is 12.1. The quantitative estimate of drug-likeness (QED) is 0.431. The average Bonchev–Trinajstić information content (AvgIpc) is 2.49. The molecule has 0 aromatic rings. The zero-order chi connectivity index (χ0) is 17.6. The molecule has 1 aliphatic heterocycles. The SMILES string of the molecule is COC(=O)C(C[C@H]1CN(C(=O)OC(C)(C)C)CCO1)C(=O)OC. The molecule has 1 fully saturated rings. The van der Waals surface area contributed by atoms with Crippen molar-refractivity contribution < 1.29 is 33.3 Å². The number of nitrogens with zero attached hydrogens (tertiary/aromatic N) is 1. The van der Waals surface area contributed by atoms with Gasteiger partial charge in [0, 0.05) is 6.54 Å². The number of rotatable bonds is 4. The van der Waals surface area contributed by atoms with Gasteiger partial charge < -0.3 is 23.8 Å². The molecule has 1 saturated heterocycles. The normalized spacial score (nSPS) is 18.5. The van der Waals surface area contributed by atoms with E-state index in [-0.39, 0.29) is 13.0 Å². The number of carbonyl (C=O) groups excluding carboxylic acids is 3. The summed E-state index contributed by atoms with van der Waals surface area (Å²) in [4.78, 5) is 37.0. The lowest BCUT2D eigenvalue weighted by molar-refractivity contribution is -0.161. The van der Waals surface area contributed by atoms with Gasteiger partial charge in [0.25, 0.3) is 0 Å². The van der Waals surface area contributed by atoms with E-state index in [1.807, 2.05) is 0 Å². The van der Waals surface area contributed by atoms with Crippen LogP contribution in [0, 0.1) is 5.92 Å². The highest BCUT2D eigenvalue weighted by atomic mass is 16.6. The van der Waals surface area contributed by atoms with E-state index in [1.54, 1.807) is 20.8 Å². The Morgan fingerprint density at radius 1 is 1.17 bits per heavy atom. The van der Waals surface area contributed by atoms with Gasteiger partial charge in [0.15, 0.2) is 5.92 Å².